The molecule has 1 saturated heterocycles. The number of nitrogens with one attached hydrogen (secondary N) is 2. The number of rotatable bonds is 6. The second-order valence-corrected chi connectivity index (χ2v) is 8.00. The van der Waals surface area contributed by atoms with Gasteiger partial charge in [0.1, 0.15) is 0 Å². The van der Waals surface area contributed by atoms with Crippen LogP contribution < -0.4 is 10.6 Å². The number of halogens is 3. The normalized spacial score (nSPS) is 20.8. The van der Waals surface area contributed by atoms with Crippen LogP contribution in [-0.2, 0) is 6.18 Å². The van der Waals surface area contributed by atoms with Crippen molar-refractivity contribution in [2.45, 2.75) is 63.2 Å². The van der Waals surface area contributed by atoms with Crippen molar-refractivity contribution in [2.75, 3.05) is 26.7 Å². The molecule has 3 rings (SSSR count). The molecule has 0 bridgehead atoms. The van der Waals surface area contributed by atoms with Crippen LogP contribution in [0.3, 0.4) is 0 Å². The van der Waals surface area contributed by atoms with Crippen molar-refractivity contribution >= 4 is 5.96 Å². The highest BCUT2D eigenvalue weighted by atomic mass is 19.4. The number of likely N-dealkylation sites (tertiary alicyclic amines) is 1. The lowest BCUT2D eigenvalue weighted by Gasteiger charge is -2.33. The molecule has 156 valence electrons. The van der Waals surface area contributed by atoms with E-state index < -0.39 is 11.7 Å². The van der Waals surface area contributed by atoms with E-state index in [4.69, 9.17) is 0 Å². The van der Waals surface area contributed by atoms with E-state index in [9.17, 15) is 13.2 Å². The SMILES string of the molecule is CN=C(NCCC(C)c1cccc(C(F)(F)F)c1)NC1CCN(C2CC2)CC1. The number of benzene rings is 1. The molecular formula is C21H31F3N4. The Morgan fingerprint density at radius 1 is 1.21 bits per heavy atom. The Morgan fingerprint density at radius 3 is 2.54 bits per heavy atom. The van der Waals surface area contributed by atoms with Gasteiger partial charge in [-0.25, -0.2) is 0 Å². The van der Waals surface area contributed by atoms with E-state index in [2.05, 4.69) is 20.5 Å². The number of hydrogen-bond donors (Lipinski definition) is 2. The molecule has 0 spiro atoms. The fourth-order valence-corrected chi connectivity index (χ4v) is 3.83. The minimum atomic E-state index is -4.30. The highest BCUT2D eigenvalue weighted by Gasteiger charge is 2.32. The zero-order valence-electron chi connectivity index (χ0n) is 16.7. The molecule has 28 heavy (non-hydrogen) atoms. The van der Waals surface area contributed by atoms with Crippen LogP contribution in [0, 0.1) is 0 Å². The van der Waals surface area contributed by atoms with Crippen molar-refractivity contribution in [1.29, 1.82) is 0 Å². The number of hydrogen-bond acceptors (Lipinski definition) is 2. The van der Waals surface area contributed by atoms with Gasteiger partial charge in [0.15, 0.2) is 5.96 Å². The van der Waals surface area contributed by atoms with E-state index >= 15 is 0 Å². The van der Waals surface area contributed by atoms with Gasteiger partial charge < -0.3 is 15.5 Å². The molecule has 1 saturated carbocycles. The number of piperidine rings is 1. The first-order chi connectivity index (χ1) is 13.4. The fourth-order valence-electron chi connectivity index (χ4n) is 3.83. The van der Waals surface area contributed by atoms with Gasteiger partial charge in [-0.1, -0.05) is 25.1 Å². The summed E-state index contributed by atoms with van der Waals surface area (Å²) in [6, 6.07) is 6.88. The minimum absolute atomic E-state index is 0.0367. The van der Waals surface area contributed by atoms with Gasteiger partial charge in [0, 0.05) is 38.8 Å². The van der Waals surface area contributed by atoms with Crippen molar-refractivity contribution in [3.63, 3.8) is 0 Å². The Bertz CT molecular complexity index is 662. The van der Waals surface area contributed by atoms with Gasteiger partial charge in [-0.3, -0.25) is 4.99 Å². The van der Waals surface area contributed by atoms with E-state index in [1.807, 2.05) is 6.92 Å². The van der Waals surface area contributed by atoms with Crippen LogP contribution in [0.2, 0.25) is 0 Å². The molecule has 2 aliphatic rings. The summed E-state index contributed by atoms with van der Waals surface area (Å²) >= 11 is 0. The first-order valence-corrected chi connectivity index (χ1v) is 10.2. The molecule has 2 N–H and O–H groups in total. The van der Waals surface area contributed by atoms with Crippen LogP contribution in [0.15, 0.2) is 29.3 Å². The first-order valence-electron chi connectivity index (χ1n) is 10.2. The maximum Gasteiger partial charge on any atom is 0.416 e. The number of aliphatic imine (C=N–C) groups is 1. The zero-order valence-corrected chi connectivity index (χ0v) is 16.7. The molecule has 1 unspecified atom stereocenters. The molecule has 0 amide bonds. The summed E-state index contributed by atoms with van der Waals surface area (Å²) in [5, 5.41) is 6.80. The van der Waals surface area contributed by atoms with Crippen LogP contribution in [0.25, 0.3) is 0 Å². The Hall–Kier alpha value is -1.76. The summed E-state index contributed by atoms with van der Waals surface area (Å²) in [5.41, 5.74) is 0.131. The molecule has 7 heteroatoms. The number of alkyl halides is 3. The topological polar surface area (TPSA) is 39.7 Å². The maximum atomic E-state index is 12.9. The largest absolute Gasteiger partial charge is 0.416 e. The smallest absolute Gasteiger partial charge is 0.356 e. The van der Waals surface area contributed by atoms with Gasteiger partial charge in [0.05, 0.1) is 5.56 Å². The van der Waals surface area contributed by atoms with E-state index in [-0.39, 0.29) is 5.92 Å². The average molecular weight is 397 g/mol. The van der Waals surface area contributed by atoms with Crippen LogP contribution in [-0.4, -0.2) is 49.6 Å². The van der Waals surface area contributed by atoms with Gasteiger partial charge in [-0.2, -0.15) is 13.2 Å². The van der Waals surface area contributed by atoms with E-state index in [1.165, 1.54) is 25.0 Å². The third-order valence-electron chi connectivity index (χ3n) is 5.81. The van der Waals surface area contributed by atoms with Gasteiger partial charge in [-0.15, -0.1) is 0 Å². The fraction of sp³-hybridized carbons (Fsp3) is 0.667. The monoisotopic (exact) mass is 396 g/mol. The lowest BCUT2D eigenvalue weighted by atomic mass is 9.96. The van der Waals surface area contributed by atoms with Gasteiger partial charge in [-0.05, 0) is 49.7 Å². The lowest BCUT2D eigenvalue weighted by molar-refractivity contribution is -0.137. The molecule has 1 aromatic rings. The van der Waals surface area contributed by atoms with E-state index in [1.54, 1.807) is 13.1 Å². The molecule has 1 aromatic carbocycles. The molecule has 0 radical (unpaired) electrons. The second kappa shape index (κ2) is 9.16. The molecule has 0 aromatic heterocycles. The lowest BCUT2D eigenvalue weighted by Crippen LogP contribution is -2.49. The van der Waals surface area contributed by atoms with Crippen LogP contribution in [0.4, 0.5) is 13.2 Å². The van der Waals surface area contributed by atoms with Gasteiger partial charge in [0.2, 0.25) is 0 Å². The quantitative estimate of drug-likeness (QED) is 0.564. The highest BCUT2D eigenvalue weighted by Crippen LogP contribution is 2.31. The molecule has 1 aliphatic heterocycles. The number of nitrogens with zero attached hydrogens (tertiary/aromatic N) is 2. The summed E-state index contributed by atoms with van der Waals surface area (Å²) in [7, 11) is 1.75. The summed E-state index contributed by atoms with van der Waals surface area (Å²) in [6.07, 6.45) is 1.39. The Balaban J connectivity index is 1.41. The van der Waals surface area contributed by atoms with Crippen LogP contribution >= 0.6 is 0 Å². The van der Waals surface area contributed by atoms with Gasteiger partial charge >= 0.3 is 6.18 Å². The predicted molar refractivity (Wildman–Crippen MR) is 107 cm³/mol. The number of guanidine groups is 1. The minimum Gasteiger partial charge on any atom is -0.356 e. The summed E-state index contributed by atoms with van der Waals surface area (Å²) in [4.78, 5) is 6.89. The van der Waals surface area contributed by atoms with Crippen molar-refractivity contribution in [1.82, 2.24) is 15.5 Å². The molecule has 1 heterocycles. The molecule has 1 atom stereocenters. The Morgan fingerprint density at radius 2 is 1.93 bits per heavy atom. The first kappa shape index (κ1) is 21.0. The standard InChI is InChI=1S/C21H31F3N4/c1-15(16-4-3-5-17(14-16)21(22,23)24)8-11-26-20(25-2)27-18-9-12-28(13-10-18)19-6-7-19/h3-5,14-15,18-19H,6-13H2,1-2H3,(H2,25,26,27). The van der Waals surface area contributed by atoms with Crippen molar-refractivity contribution in [3.05, 3.63) is 35.4 Å². The summed E-state index contributed by atoms with van der Waals surface area (Å²) < 4.78 is 38.7. The van der Waals surface area contributed by atoms with E-state index in [0.29, 0.717) is 18.2 Å². The third-order valence-corrected chi connectivity index (χ3v) is 5.81. The van der Waals surface area contributed by atoms with Crippen molar-refractivity contribution < 1.29 is 13.2 Å². The van der Waals surface area contributed by atoms with Crippen molar-refractivity contribution in [3.8, 4) is 0 Å². The average Bonchev–Trinajstić information content (AvgIpc) is 3.52. The highest BCUT2D eigenvalue weighted by molar-refractivity contribution is 5.79. The predicted octanol–water partition coefficient (Wildman–Crippen LogP) is 3.99. The zero-order chi connectivity index (χ0) is 20.1. The molecule has 4 nitrogen and oxygen atoms in total. The molecular weight excluding hydrogens is 365 g/mol. The molecule has 2 fully saturated rings. The Kier molecular flexibility index (Phi) is 6.86. The molecule has 1 aliphatic carbocycles. The summed E-state index contributed by atoms with van der Waals surface area (Å²) in [6.45, 7) is 4.91. The van der Waals surface area contributed by atoms with Crippen LogP contribution in [0.1, 0.15) is 56.1 Å². The van der Waals surface area contributed by atoms with Crippen molar-refractivity contribution in [2.24, 2.45) is 4.99 Å². The van der Waals surface area contributed by atoms with Gasteiger partial charge in [0.25, 0.3) is 0 Å². The van der Waals surface area contributed by atoms with Crippen LogP contribution in [0.5, 0.6) is 0 Å². The van der Waals surface area contributed by atoms with E-state index in [0.717, 1.165) is 50.4 Å². The second-order valence-electron chi connectivity index (χ2n) is 8.00. The Labute approximate surface area is 165 Å². The summed E-state index contributed by atoms with van der Waals surface area (Å²) in [5.74, 6) is 0.816. The third kappa shape index (κ3) is 5.87. The maximum absolute atomic E-state index is 12.9.